The number of rotatable bonds is 2. The van der Waals surface area contributed by atoms with Crippen molar-refractivity contribution in [2.24, 2.45) is 11.1 Å². The summed E-state index contributed by atoms with van der Waals surface area (Å²) < 4.78 is 5.28. The first-order valence-corrected chi connectivity index (χ1v) is 5.66. The minimum absolute atomic E-state index is 0.189. The van der Waals surface area contributed by atoms with Crippen LogP contribution in [0.5, 0.6) is 5.75 Å². The second-order valence-electron chi connectivity index (χ2n) is 4.94. The Kier molecular flexibility index (Phi) is 2.76. The number of benzene rings is 1. The summed E-state index contributed by atoms with van der Waals surface area (Å²) in [5.74, 6) is 0.916. The largest absolute Gasteiger partial charge is 0.497 e. The lowest BCUT2D eigenvalue weighted by Crippen LogP contribution is -2.10. The van der Waals surface area contributed by atoms with E-state index < -0.39 is 0 Å². The van der Waals surface area contributed by atoms with Crippen molar-refractivity contribution in [2.45, 2.75) is 20.3 Å². The molecule has 1 aliphatic rings. The maximum Gasteiger partial charge on any atom is 0.119 e. The van der Waals surface area contributed by atoms with Gasteiger partial charge in [-0.1, -0.05) is 26.0 Å². The van der Waals surface area contributed by atoms with E-state index in [9.17, 15) is 0 Å². The fourth-order valence-electron chi connectivity index (χ4n) is 2.53. The quantitative estimate of drug-likeness (QED) is 0.826. The number of allylic oxidation sites excluding steroid dienone is 1. The van der Waals surface area contributed by atoms with Gasteiger partial charge in [0.2, 0.25) is 0 Å². The summed E-state index contributed by atoms with van der Waals surface area (Å²) >= 11 is 0. The molecule has 0 saturated heterocycles. The third kappa shape index (κ3) is 1.74. The first-order chi connectivity index (χ1) is 7.58. The Bertz CT molecular complexity index is 432. The van der Waals surface area contributed by atoms with Crippen LogP contribution < -0.4 is 10.5 Å². The second-order valence-corrected chi connectivity index (χ2v) is 4.94. The van der Waals surface area contributed by atoms with E-state index >= 15 is 0 Å². The Morgan fingerprint density at radius 2 is 2.19 bits per heavy atom. The van der Waals surface area contributed by atoms with Crippen LogP contribution in [0.4, 0.5) is 0 Å². The summed E-state index contributed by atoms with van der Waals surface area (Å²) in [5.41, 5.74) is 9.88. The molecule has 0 amide bonds. The van der Waals surface area contributed by atoms with Gasteiger partial charge in [-0.2, -0.15) is 0 Å². The van der Waals surface area contributed by atoms with E-state index in [2.05, 4.69) is 32.1 Å². The zero-order valence-corrected chi connectivity index (χ0v) is 10.2. The summed E-state index contributed by atoms with van der Waals surface area (Å²) in [6.07, 6.45) is 3.21. The molecule has 0 spiro atoms. The standard InChI is InChI=1S/C14H19NO/c1-14(2)9-10-4-5-11(16-3)8-12(10)13(14)6-7-15/h4-6,8H,7,9,15H2,1-3H3/b13-6+. The van der Waals surface area contributed by atoms with Gasteiger partial charge >= 0.3 is 0 Å². The van der Waals surface area contributed by atoms with Gasteiger partial charge in [0.1, 0.15) is 5.75 Å². The van der Waals surface area contributed by atoms with Crippen LogP contribution >= 0.6 is 0 Å². The van der Waals surface area contributed by atoms with Crippen molar-refractivity contribution >= 4 is 5.57 Å². The molecule has 0 saturated carbocycles. The van der Waals surface area contributed by atoms with E-state index in [0.29, 0.717) is 6.54 Å². The second kappa shape index (κ2) is 3.95. The van der Waals surface area contributed by atoms with E-state index in [-0.39, 0.29) is 5.41 Å². The van der Waals surface area contributed by atoms with Gasteiger partial charge in [0.05, 0.1) is 7.11 Å². The van der Waals surface area contributed by atoms with Gasteiger partial charge < -0.3 is 10.5 Å². The van der Waals surface area contributed by atoms with Crippen LogP contribution in [0.2, 0.25) is 0 Å². The number of methoxy groups -OCH3 is 1. The van der Waals surface area contributed by atoms with E-state index in [1.807, 2.05) is 6.07 Å². The van der Waals surface area contributed by atoms with Gasteiger partial charge in [0.25, 0.3) is 0 Å². The maximum absolute atomic E-state index is 5.65. The average Bonchev–Trinajstić information content (AvgIpc) is 2.50. The van der Waals surface area contributed by atoms with Gasteiger partial charge in [0, 0.05) is 6.54 Å². The minimum Gasteiger partial charge on any atom is -0.497 e. The van der Waals surface area contributed by atoms with Crippen LogP contribution in [0.15, 0.2) is 24.3 Å². The highest BCUT2D eigenvalue weighted by Crippen LogP contribution is 2.46. The Hall–Kier alpha value is -1.28. The lowest BCUT2D eigenvalue weighted by molar-refractivity contribution is 0.414. The predicted molar refractivity (Wildman–Crippen MR) is 67.5 cm³/mol. The van der Waals surface area contributed by atoms with Crippen LogP contribution in [0.1, 0.15) is 25.0 Å². The Morgan fingerprint density at radius 1 is 1.44 bits per heavy atom. The van der Waals surface area contributed by atoms with Gasteiger partial charge in [-0.15, -0.1) is 0 Å². The van der Waals surface area contributed by atoms with Crippen molar-refractivity contribution < 1.29 is 4.74 Å². The molecule has 0 fully saturated rings. The molecule has 0 aliphatic heterocycles. The first-order valence-electron chi connectivity index (χ1n) is 5.66. The Morgan fingerprint density at radius 3 is 2.81 bits per heavy atom. The molecule has 0 radical (unpaired) electrons. The molecule has 16 heavy (non-hydrogen) atoms. The topological polar surface area (TPSA) is 35.2 Å². The SMILES string of the molecule is COc1ccc2c(c1)/C(=C\CN)C(C)(C)C2. The summed E-state index contributed by atoms with van der Waals surface area (Å²) in [6.45, 7) is 5.12. The third-order valence-electron chi connectivity index (χ3n) is 3.29. The highest BCUT2D eigenvalue weighted by atomic mass is 16.5. The number of hydrogen-bond donors (Lipinski definition) is 1. The molecular weight excluding hydrogens is 198 g/mol. The third-order valence-corrected chi connectivity index (χ3v) is 3.29. The van der Waals surface area contributed by atoms with Crippen LogP contribution in [0.25, 0.3) is 5.57 Å². The zero-order valence-electron chi connectivity index (χ0n) is 10.2. The Labute approximate surface area is 97.1 Å². The molecule has 2 heteroatoms. The molecular formula is C14H19NO. The van der Waals surface area contributed by atoms with E-state index in [1.165, 1.54) is 16.7 Å². The molecule has 2 nitrogen and oxygen atoms in total. The van der Waals surface area contributed by atoms with Crippen LogP contribution in [-0.4, -0.2) is 13.7 Å². The highest BCUT2D eigenvalue weighted by Gasteiger charge is 2.33. The van der Waals surface area contributed by atoms with Crippen molar-refractivity contribution in [3.63, 3.8) is 0 Å². The zero-order chi connectivity index (χ0) is 11.8. The molecule has 0 unspecified atom stereocenters. The van der Waals surface area contributed by atoms with E-state index in [4.69, 9.17) is 10.5 Å². The Balaban J connectivity index is 2.53. The fraction of sp³-hybridized carbons (Fsp3) is 0.429. The molecule has 0 heterocycles. The van der Waals surface area contributed by atoms with E-state index in [1.54, 1.807) is 7.11 Å². The van der Waals surface area contributed by atoms with Crippen molar-refractivity contribution in [3.05, 3.63) is 35.4 Å². The predicted octanol–water partition coefficient (Wildman–Crippen LogP) is 2.62. The molecule has 0 bridgehead atoms. The van der Waals surface area contributed by atoms with E-state index in [0.717, 1.165) is 12.2 Å². The van der Waals surface area contributed by atoms with Crippen LogP contribution in [0, 0.1) is 5.41 Å². The van der Waals surface area contributed by atoms with Gasteiger partial charge in [-0.05, 0) is 40.7 Å². The van der Waals surface area contributed by atoms with Gasteiger partial charge in [-0.25, -0.2) is 0 Å². The maximum atomic E-state index is 5.65. The number of ether oxygens (including phenoxy) is 1. The average molecular weight is 217 g/mol. The van der Waals surface area contributed by atoms with Crippen molar-refractivity contribution in [2.75, 3.05) is 13.7 Å². The molecule has 1 aromatic rings. The molecule has 2 rings (SSSR count). The number of fused-ring (bicyclic) bond motifs is 1. The molecule has 1 aromatic carbocycles. The molecule has 1 aliphatic carbocycles. The first kappa shape index (κ1) is 11.2. The van der Waals surface area contributed by atoms with Crippen LogP contribution in [0.3, 0.4) is 0 Å². The fourth-order valence-corrected chi connectivity index (χ4v) is 2.53. The summed E-state index contributed by atoms with van der Waals surface area (Å²) in [5, 5.41) is 0. The molecule has 0 atom stereocenters. The van der Waals surface area contributed by atoms with Gasteiger partial charge in [-0.3, -0.25) is 0 Å². The lowest BCUT2D eigenvalue weighted by atomic mass is 9.85. The normalized spacial score (nSPS) is 19.9. The molecule has 86 valence electrons. The summed E-state index contributed by atoms with van der Waals surface area (Å²) in [4.78, 5) is 0. The van der Waals surface area contributed by atoms with Crippen LogP contribution in [-0.2, 0) is 6.42 Å². The number of hydrogen-bond acceptors (Lipinski definition) is 2. The minimum atomic E-state index is 0.189. The van der Waals surface area contributed by atoms with Crippen molar-refractivity contribution in [3.8, 4) is 5.75 Å². The van der Waals surface area contributed by atoms with Crippen molar-refractivity contribution in [1.82, 2.24) is 0 Å². The molecule has 0 aromatic heterocycles. The lowest BCUT2D eigenvalue weighted by Gasteiger charge is -2.19. The summed E-state index contributed by atoms with van der Waals surface area (Å²) in [6, 6.07) is 6.30. The highest BCUT2D eigenvalue weighted by molar-refractivity contribution is 5.77. The van der Waals surface area contributed by atoms with Crippen molar-refractivity contribution in [1.29, 1.82) is 0 Å². The number of nitrogens with two attached hydrogens (primary N) is 1. The summed E-state index contributed by atoms with van der Waals surface area (Å²) in [7, 11) is 1.70. The monoisotopic (exact) mass is 217 g/mol. The molecule has 2 N–H and O–H groups in total. The van der Waals surface area contributed by atoms with Gasteiger partial charge in [0.15, 0.2) is 0 Å². The smallest absolute Gasteiger partial charge is 0.119 e.